The van der Waals surface area contributed by atoms with E-state index >= 15 is 0 Å². The lowest BCUT2D eigenvalue weighted by Crippen LogP contribution is -2.31. The smallest absolute Gasteiger partial charge is 0.0947 e. The van der Waals surface area contributed by atoms with Crippen LogP contribution in [0.1, 0.15) is 24.8 Å². The highest BCUT2D eigenvalue weighted by Crippen LogP contribution is 2.12. The maximum absolute atomic E-state index is 5.01. The first-order valence-electron chi connectivity index (χ1n) is 5.87. The first-order chi connectivity index (χ1) is 7.45. The van der Waals surface area contributed by atoms with Gasteiger partial charge < -0.3 is 15.1 Å². The summed E-state index contributed by atoms with van der Waals surface area (Å²) in [5.74, 6) is 0.871. The van der Waals surface area contributed by atoms with Crippen molar-refractivity contribution in [2.75, 3.05) is 19.6 Å². The van der Waals surface area contributed by atoms with E-state index in [0.717, 1.165) is 19.0 Å². The van der Waals surface area contributed by atoms with Gasteiger partial charge in [0, 0.05) is 12.1 Å². The van der Waals surface area contributed by atoms with Gasteiger partial charge in [0.1, 0.15) is 0 Å². The lowest BCUT2D eigenvalue weighted by molar-refractivity contribution is 0.352. The molecule has 3 nitrogen and oxygen atoms in total. The van der Waals surface area contributed by atoms with Gasteiger partial charge in [0.2, 0.25) is 0 Å². The quantitative estimate of drug-likeness (QED) is 0.724. The maximum Gasteiger partial charge on any atom is 0.0947 e. The minimum absolute atomic E-state index is 0.871. The van der Waals surface area contributed by atoms with E-state index < -0.39 is 0 Å². The second-order valence-corrected chi connectivity index (χ2v) is 4.31. The van der Waals surface area contributed by atoms with Gasteiger partial charge >= 0.3 is 0 Å². The minimum Gasteiger partial charge on any atom is -0.472 e. The first kappa shape index (κ1) is 10.7. The van der Waals surface area contributed by atoms with Crippen molar-refractivity contribution in [3.05, 3.63) is 24.2 Å². The predicted molar refractivity (Wildman–Crippen MR) is 60.6 cm³/mol. The molecule has 0 radical (unpaired) electrons. The van der Waals surface area contributed by atoms with E-state index in [9.17, 15) is 0 Å². The fourth-order valence-corrected chi connectivity index (χ4v) is 2.10. The lowest BCUT2D eigenvalue weighted by Gasteiger charge is -2.22. The molecular weight excluding hydrogens is 188 g/mol. The molecule has 3 heteroatoms. The van der Waals surface area contributed by atoms with Crippen LogP contribution in [0.4, 0.5) is 0 Å². The molecule has 0 bridgehead atoms. The summed E-state index contributed by atoms with van der Waals surface area (Å²) in [5.41, 5.74) is 1.23. The van der Waals surface area contributed by atoms with Crippen molar-refractivity contribution in [3.63, 3.8) is 0 Å². The summed E-state index contributed by atoms with van der Waals surface area (Å²) in [5, 5.41) is 6.89. The second kappa shape index (κ2) is 5.93. The maximum atomic E-state index is 5.01. The Bertz CT molecular complexity index is 253. The van der Waals surface area contributed by atoms with Gasteiger partial charge in [-0.2, -0.15) is 0 Å². The number of furan rings is 1. The molecule has 15 heavy (non-hydrogen) atoms. The monoisotopic (exact) mass is 208 g/mol. The highest BCUT2D eigenvalue weighted by atomic mass is 16.3. The molecule has 0 amide bonds. The summed E-state index contributed by atoms with van der Waals surface area (Å²) < 4.78 is 5.01. The van der Waals surface area contributed by atoms with Crippen LogP contribution >= 0.6 is 0 Å². The topological polar surface area (TPSA) is 37.2 Å². The molecule has 0 spiro atoms. The van der Waals surface area contributed by atoms with Crippen molar-refractivity contribution in [2.24, 2.45) is 5.92 Å². The SMILES string of the molecule is c1cc(CNCCC2CCCNC2)co1. The third kappa shape index (κ3) is 3.68. The number of hydrogen-bond acceptors (Lipinski definition) is 3. The normalized spacial score (nSPS) is 21.7. The molecule has 1 fully saturated rings. The van der Waals surface area contributed by atoms with Gasteiger partial charge in [-0.25, -0.2) is 0 Å². The van der Waals surface area contributed by atoms with Crippen LogP contribution in [0.25, 0.3) is 0 Å². The van der Waals surface area contributed by atoms with Crippen LogP contribution in [-0.4, -0.2) is 19.6 Å². The molecule has 84 valence electrons. The molecule has 1 aliphatic heterocycles. The van der Waals surface area contributed by atoms with Crippen molar-refractivity contribution in [3.8, 4) is 0 Å². The molecule has 1 aromatic rings. The first-order valence-corrected chi connectivity index (χ1v) is 5.87. The van der Waals surface area contributed by atoms with Crippen molar-refractivity contribution in [1.82, 2.24) is 10.6 Å². The van der Waals surface area contributed by atoms with E-state index in [-0.39, 0.29) is 0 Å². The van der Waals surface area contributed by atoms with E-state index in [1.54, 1.807) is 12.5 Å². The van der Waals surface area contributed by atoms with Gasteiger partial charge in [0.05, 0.1) is 12.5 Å². The molecular formula is C12H20N2O. The Morgan fingerprint density at radius 2 is 2.53 bits per heavy atom. The molecule has 2 rings (SSSR count). The molecule has 2 heterocycles. The van der Waals surface area contributed by atoms with Crippen LogP contribution in [0.5, 0.6) is 0 Å². The van der Waals surface area contributed by atoms with E-state index in [2.05, 4.69) is 10.6 Å². The Morgan fingerprint density at radius 1 is 1.53 bits per heavy atom. The van der Waals surface area contributed by atoms with Gasteiger partial charge in [-0.05, 0) is 50.9 Å². The van der Waals surface area contributed by atoms with Gasteiger partial charge in [-0.1, -0.05) is 0 Å². The average molecular weight is 208 g/mol. The third-order valence-electron chi connectivity index (χ3n) is 3.04. The van der Waals surface area contributed by atoms with Crippen molar-refractivity contribution >= 4 is 0 Å². The zero-order valence-electron chi connectivity index (χ0n) is 9.17. The molecule has 1 atom stereocenters. The summed E-state index contributed by atoms with van der Waals surface area (Å²) in [6.45, 7) is 4.44. The fourth-order valence-electron chi connectivity index (χ4n) is 2.10. The summed E-state index contributed by atoms with van der Waals surface area (Å²) in [7, 11) is 0. The highest BCUT2D eigenvalue weighted by Gasteiger charge is 2.11. The molecule has 1 saturated heterocycles. The van der Waals surface area contributed by atoms with Gasteiger partial charge in [0.15, 0.2) is 0 Å². The van der Waals surface area contributed by atoms with Gasteiger partial charge in [-0.15, -0.1) is 0 Å². The Kier molecular flexibility index (Phi) is 4.23. The van der Waals surface area contributed by atoms with E-state index in [1.807, 2.05) is 6.07 Å². The van der Waals surface area contributed by atoms with Crippen LogP contribution in [-0.2, 0) is 6.54 Å². The van der Waals surface area contributed by atoms with Gasteiger partial charge in [0.25, 0.3) is 0 Å². The second-order valence-electron chi connectivity index (χ2n) is 4.31. The Hall–Kier alpha value is -0.800. The van der Waals surface area contributed by atoms with Crippen molar-refractivity contribution in [1.29, 1.82) is 0 Å². The van der Waals surface area contributed by atoms with Crippen LogP contribution in [0, 0.1) is 5.92 Å². The molecule has 1 unspecified atom stereocenters. The standard InChI is InChI=1S/C12H20N2O/c1-2-11(8-13-5-1)3-6-14-9-12-4-7-15-10-12/h4,7,10-11,13-14H,1-3,5-6,8-9H2. The Morgan fingerprint density at radius 3 is 3.27 bits per heavy atom. The number of rotatable bonds is 5. The summed E-state index contributed by atoms with van der Waals surface area (Å²) >= 11 is 0. The predicted octanol–water partition coefficient (Wildman–Crippen LogP) is 1.76. The Balaban J connectivity index is 1.54. The average Bonchev–Trinajstić information content (AvgIpc) is 2.79. The summed E-state index contributed by atoms with van der Waals surface area (Å²) in [6.07, 6.45) is 7.54. The molecule has 1 aliphatic rings. The lowest BCUT2D eigenvalue weighted by atomic mass is 9.96. The third-order valence-corrected chi connectivity index (χ3v) is 3.04. The number of piperidine rings is 1. The van der Waals surface area contributed by atoms with E-state index in [0.29, 0.717) is 0 Å². The number of hydrogen-bond donors (Lipinski definition) is 2. The summed E-state index contributed by atoms with van der Waals surface area (Å²) in [4.78, 5) is 0. The zero-order chi connectivity index (χ0) is 10.3. The van der Waals surface area contributed by atoms with Crippen LogP contribution in [0.3, 0.4) is 0 Å². The van der Waals surface area contributed by atoms with Gasteiger partial charge in [-0.3, -0.25) is 0 Å². The van der Waals surface area contributed by atoms with Crippen molar-refractivity contribution in [2.45, 2.75) is 25.8 Å². The molecule has 0 aliphatic carbocycles. The minimum atomic E-state index is 0.871. The molecule has 2 N–H and O–H groups in total. The highest BCUT2D eigenvalue weighted by molar-refractivity contribution is 5.04. The molecule has 1 aromatic heterocycles. The zero-order valence-corrected chi connectivity index (χ0v) is 9.17. The Labute approximate surface area is 91.2 Å². The number of nitrogens with one attached hydrogen (secondary N) is 2. The molecule has 0 aromatic carbocycles. The molecule has 0 saturated carbocycles. The van der Waals surface area contributed by atoms with E-state index in [1.165, 1.54) is 37.9 Å². The van der Waals surface area contributed by atoms with Crippen molar-refractivity contribution < 1.29 is 4.42 Å². The van der Waals surface area contributed by atoms with Crippen LogP contribution < -0.4 is 10.6 Å². The van der Waals surface area contributed by atoms with Crippen LogP contribution in [0.2, 0.25) is 0 Å². The summed E-state index contributed by atoms with van der Waals surface area (Å²) in [6, 6.07) is 2.01. The van der Waals surface area contributed by atoms with E-state index in [4.69, 9.17) is 4.42 Å². The van der Waals surface area contributed by atoms with Crippen LogP contribution in [0.15, 0.2) is 23.0 Å². The largest absolute Gasteiger partial charge is 0.472 e. The fraction of sp³-hybridized carbons (Fsp3) is 0.667.